The number of halogens is 1. The topological polar surface area (TPSA) is 50.6 Å². The van der Waals surface area contributed by atoms with E-state index in [4.69, 9.17) is 31.4 Å². The van der Waals surface area contributed by atoms with Crippen LogP contribution in [0.1, 0.15) is 36.1 Å². The Morgan fingerprint density at radius 1 is 0.868 bits per heavy atom. The molecule has 1 aliphatic rings. The number of anilines is 1. The lowest BCUT2D eigenvalue weighted by Gasteiger charge is -2.24. The second-order valence-electron chi connectivity index (χ2n) is 9.35. The Kier molecular flexibility index (Phi) is 6.52. The van der Waals surface area contributed by atoms with Crippen molar-refractivity contribution in [2.45, 2.75) is 26.3 Å². The maximum Gasteiger partial charge on any atom is 0.247 e. The maximum absolute atomic E-state index is 6.39. The van der Waals surface area contributed by atoms with Gasteiger partial charge in [-0.1, -0.05) is 90.0 Å². The number of hydrazone groups is 1. The monoisotopic (exact) mass is 518 g/mol. The van der Waals surface area contributed by atoms with Crippen LogP contribution in [0.4, 0.5) is 5.95 Å². The summed E-state index contributed by atoms with van der Waals surface area (Å²) in [6.45, 7) is 4.69. The van der Waals surface area contributed by atoms with Crippen molar-refractivity contribution in [3.8, 4) is 17.0 Å². The van der Waals surface area contributed by atoms with Gasteiger partial charge in [0.1, 0.15) is 5.75 Å². The number of hydrogen-bond acceptors (Lipinski definition) is 5. The zero-order valence-corrected chi connectivity index (χ0v) is 22.1. The summed E-state index contributed by atoms with van der Waals surface area (Å²) in [5, 5.41) is 8.64. The lowest BCUT2D eigenvalue weighted by Crippen LogP contribution is -2.22. The molecule has 5 nitrogen and oxygen atoms in total. The summed E-state index contributed by atoms with van der Waals surface area (Å²) >= 11 is 6.39. The van der Waals surface area contributed by atoms with E-state index in [1.165, 1.54) is 5.56 Å². The van der Waals surface area contributed by atoms with Crippen molar-refractivity contribution in [1.82, 2.24) is 9.97 Å². The predicted octanol–water partition coefficient (Wildman–Crippen LogP) is 8.01. The van der Waals surface area contributed by atoms with Crippen LogP contribution < -0.4 is 9.75 Å². The first-order valence-corrected chi connectivity index (χ1v) is 13.2. The van der Waals surface area contributed by atoms with Crippen molar-refractivity contribution >= 4 is 34.2 Å². The average Bonchev–Trinajstić information content (AvgIpc) is 3.39. The van der Waals surface area contributed by atoms with Crippen molar-refractivity contribution < 1.29 is 4.74 Å². The van der Waals surface area contributed by atoms with Crippen LogP contribution >= 0.6 is 11.6 Å². The van der Waals surface area contributed by atoms with E-state index in [1.54, 1.807) is 0 Å². The number of aryl methyl sites for hydroxylation is 1. The van der Waals surface area contributed by atoms with Crippen LogP contribution in [0.15, 0.2) is 102 Å². The smallest absolute Gasteiger partial charge is 0.247 e. The third-order valence-corrected chi connectivity index (χ3v) is 6.97. The molecule has 4 aromatic carbocycles. The summed E-state index contributed by atoms with van der Waals surface area (Å²) < 4.78 is 6.04. The van der Waals surface area contributed by atoms with Crippen molar-refractivity contribution in [2.24, 2.45) is 5.10 Å². The molecule has 38 heavy (non-hydrogen) atoms. The minimum atomic E-state index is -0.123. The van der Waals surface area contributed by atoms with Crippen molar-refractivity contribution in [3.05, 3.63) is 119 Å². The Balaban J connectivity index is 1.55. The molecule has 1 aliphatic heterocycles. The van der Waals surface area contributed by atoms with Gasteiger partial charge < -0.3 is 4.74 Å². The Morgan fingerprint density at radius 2 is 1.66 bits per heavy atom. The van der Waals surface area contributed by atoms with E-state index in [9.17, 15) is 0 Å². The van der Waals surface area contributed by atoms with Crippen LogP contribution in [0, 0.1) is 6.92 Å². The number of nitrogens with zero attached hydrogens (tertiary/aromatic N) is 4. The lowest BCUT2D eigenvalue weighted by atomic mass is 9.97. The summed E-state index contributed by atoms with van der Waals surface area (Å²) in [6, 6.07) is 32.4. The van der Waals surface area contributed by atoms with E-state index in [0.717, 1.165) is 44.7 Å². The van der Waals surface area contributed by atoms with Crippen LogP contribution in [-0.4, -0.2) is 22.3 Å². The minimum Gasteiger partial charge on any atom is -0.494 e. The summed E-state index contributed by atoms with van der Waals surface area (Å²) in [4.78, 5) is 10.1. The van der Waals surface area contributed by atoms with Gasteiger partial charge in [0.2, 0.25) is 5.95 Å². The second-order valence-corrected chi connectivity index (χ2v) is 9.79. The Morgan fingerprint density at radius 3 is 2.47 bits per heavy atom. The third kappa shape index (κ3) is 4.61. The summed E-state index contributed by atoms with van der Waals surface area (Å²) in [6.07, 6.45) is 0.705. The molecule has 5 aromatic rings. The predicted molar refractivity (Wildman–Crippen MR) is 155 cm³/mol. The molecule has 1 unspecified atom stereocenters. The highest BCUT2D eigenvalue weighted by Gasteiger charge is 2.34. The van der Waals surface area contributed by atoms with Crippen molar-refractivity contribution in [3.63, 3.8) is 0 Å². The second kappa shape index (κ2) is 10.3. The molecule has 1 atom stereocenters. The fourth-order valence-electron chi connectivity index (χ4n) is 4.99. The Hall–Kier alpha value is -4.22. The highest BCUT2D eigenvalue weighted by atomic mass is 35.5. The SMILES string of the molecule is CCOc1ccccc1C1CC(c2cccc(C)c2)=NN1c1nc(-c2ccccc2)c2cc(Cl)ccc2n1. The molecular weight excluding hydrogens is 492 g/mol. The van der Waals surface area contributed by atoms with Crippen LogP contribution in [0.25, 0.3) is 22.2 Å². The van der Waals surface area contributed by atoms with Gasteiger partial charge in [0.25, 0.3) is 0 Å². The van der Waals surface area contributed by atoms with Gasteiger partial charge in [-0.2, -0.15) is 5.10 Å². The number of benzene rings is 4. The standard InChI is InChI=1S/C32H27ClN4O/c1-3-38-30-15-8-7-14-25(30)29-20-28(23-13-9-10-21(2)18-23)36-37(29)32-34-27-17-16-24(33)19-26(27)31(35-32)22-11-5-4-6-12-22/h4-19,29H,3,20H2,1-2H3. The number of hydrogen-bond donors (Lipinski definition) is 0. The van der Waals surface area contributed by atoms with Crippen molar-refractivity contribution in [1.29, 1.82) is 0 Å². The van der Waals surface area contributed by atoms with Gasteiger partial charge >= 0.3 is 0 Å². The van der Waals surface area contributed by atoms with Gasteiger partial charge in [0.05, 0.1) is 29.6 Å². The molecule has 0 bridgehead atoms. The molecule has 0 radical (unpaired) electrons. The zero-order chi connectivity index (χ0) is 26.1. The van der Waals surface area contributed by atoms with Gasteiger partial charge in [-0.25, -0.2) is 15.0 Å². The molecule has 0 fully saturated rings. The molecule has 6 heteroatoms. The highest BCUT2D eigenvalue weighted by Crippen LogP contribution is 2.41. The molecule has 188 valence electrons. The first-order chi connectivity index (χ1) is 18.6. The van der Waals surface area contributed by atoms with Crippen LogP contribution in [0.5, 0.6) is 5.75 Å². The third-order valence-electron chi connectivity index (χ3n) is 6.74. The number of fused-ring (bicyclic) bond motifs is 1. The Labute approximate surface area is 227 Å². The normalized spacial score (nSPS) is 15.1. The van der Waals surface area contributed by atoms with Gasteiger partial charge in [-0.05, 0) is 43.7 Å². The molecule has 0 aliphatic carbocycles. The number of rotatable bonds is 6. The summed E-state index contributed by atoms with van der Waals surface area (Å²) in [7, 11) is 0. The molecular formula is C32H27ClN4O. The van der Waals surface area contributed by atoms with E-state index in [0.29, 0.717) is 24.0 Å². The lowest BCUT2D eigenvalue weighted by molar-refractivity contribution is 0.334. The van der Waals surface area contributed by atoms with Crippen molar-refractivity contribution in [2.75, 3.05) is 11.6 Å². The fourth-order valence-corrected chi connectivity index (χ4v) is 5.16. The van der Waals surface area contributed by atoms with Gasteiger partial charge in [-0.15, -0.1) is 0 Å². The van der Waals surface area contributed by atoms with Crippen LogP contribution in [0.3, 0.4) is 0 Å². The van der Waals surface area contributed by atoms with E-state index in [1.807, 2.05) is 66.5 Å². The average molecular weight is 519 g/mol. The number of aromatic nitrogens is 2. The molecule has 0 amide bonds. The molecule has 0 spiro atoms. The van der Waals surface area contributed by atoms with E-state index >= 15 is 0 Å². The summed E-state index contributed by atoms with van der Waals surface area (Å²) in [5.74, 6) is 1.39. The summed E-state index contributed by atoms with van der Waals surface area (Å²) in [5.41, 5.74) is 6.98. The first-order valence-electron chi connectivity index (χ1n) is 12.8. The number of para-hydroxylation sites is 1. The van der Waals surface area contributed by atoms with Crippen LogP contribution in [-0.2, 0) is 0 Å². The first kappa shape index (κ1) is 24.1. The van der Waals surface area contributed by atoms with E-state index < -0.39 is 0 Å². The molecule has 2 heterocycles. The van der Waals surface area contributed by atoms with E-state index in [2.05, 4.69) is 49.4 Å². The molecule has 0 saturated carbocycles. The largest absolute Gasteiger partial charge is 0.494 e. The minimum absolute atomic E-state index is 0.123. The quantitative estimate of drug-likeness (QED) is 0.228. The van der Waals surface area contributed by atoms with Gasteiger partial charge in [0.15, 0.2) is 0 Å². The molecule has 1 aromatic heterocycles. The molecule has 0 N–H and O–H groups in total. The van der Waals surface area contributed by atoms with Gasteiger partial charge in [-0.3, -0.25) is 0 Å². The number of ether oxygens (including phenoxy) is 1. The maximum atomic E-state index is 6.39. The Bertz CT molecular complexity index is 1650. The van der Waals surface area contributed by atoms with Crippen LogP contribution in [0.2, 0.25) is 5.02 Å². The van der Waals surface area contributed by atoms with E-state index in [-0.39, 0.29) is 6.04 Å². The zero-order valence-electron chi connectivity index (χ0n) is 21.3. The molecule has 0 saturated heterocycles. The molecule has 6 rings (SSSR count). The fraction of sp³-hybridized carbons (Fsp3) is 0.156. The van der Waals surface area contributed by atoms with Gasteiger partial charge in [0, 0.05) is 28.0 Å². The highest BCUT2D eigenvalue weighted by molar-refractivity contribution is 6.31.